The lowest BCUT2D eigenvalue weighted by Crippen LogP contribution is -2.28. The van der Waals surface area contributed by atoms with E-state index in [-0.39, 0.29) is 5.56 Å². The van der Waals surface area contributed by atoms with Gasteiger partial charge in [-0.3, -0.25) is 9.36 Å². The quantitative estimate of drug-likeness (QED) is 0.707. The molecule has 4 rings (SSSR count). The van der Waals surface area contributed by atoms with Gasteiger partial charge < -0.3 is 20.1 Å². The first-order valence-electron chi connectivity index (χ1n) is 9.42. The molecule has 0 saturated carbocycles. The summed E-state index contributed by atoms with van der Waals surface area (Å²) in [5, 5.41) is 6.00. The smallest absolute Gasteiger partial charge is 0.323 e. The van der Waals surface area contributed by atoms with E-state index in [0.29, 0.717) is 40.3 Å². The average molecular weight is 394 g/mol. The number of nitrogens with one attached hydrogen (secondary N) is 2. The summed E-state index contributed by atoms with van der Waals surface area (Å²) in [5.74, 6) is 1.92. The highest BCUT2D eigenvalue weighted by Gasteiger charge is 2.15. The van der Waals surface area contributed by atoms with Crippen LogP contribution in [0.15, 0.2) is 41.2 Å². The molecule has 1 aliphatic heterocycles. The number of hydrogen-bond donors (Lipinski definition) is 2. The molecule has 0 saturated heterocycles. The number of anilines is 2. The lowest BCUT2D eigenvalue weighted by atomic mass is 10.1. The van der Waals surface area contributed by atoms with Crippen LogP contribution in [-0.2, 0) is 13.0 Å². The Balaban J connectivity index is 1.55. The van der Waals surface area contributed by atoms with Crippen molar-refractivity contribution in [2.24, 2.45) is 0 Å². The van der Waals surface area contributed by atoms with Gasteiger partial charge in [0.1, 0.15) is 5.82 Å². The number of methoxy groups -OCH3 is 2. The Bertz CT molecular complexity index is 1140. The third-order valence-electron chi connectivity index (χ3n) is 4.96. The Labute approximate surface area is 167 Å². The summed E-state index contributed by atoms with van der Waals surface area (Å²) >= 11 is 0. The van der Waals surface area contributed by atoms with Crippen LogP contribution in [0.4, 0.5) is 16.2 Å². The van der Waals surface area contributed by atoms with E-state index in [1.165, 1.54) is 7.11 Å². The van der Waals surface area contributed by atoms with Gasteiger partial charge >= 0.3 is 6.03 Å². The zero-order chi connectivity index (χ0) is 20.4. The molecule has 0 spiro atoms. The molecule has 0 radical (unpaired) electrons. The largest absolute Gasteiger partial charge is 0.493 e. The fourth-order valence-corrected chi connectivity index (χ4v) is 3.53. The van der Waals surface area contributed by atoms with E-state index in [1.54, 1.807) is 48.1 Å². The first-order chi connectivity index (χ1) is 14.1. The number of nitrogens with zero attached hydrogens (tertiary/aromatic N) is 2. The van der Waals surface area contributed by atoms with Crippen molar-refractivity contribution in [2.45, 2.75) is 25.8 Å². The second-order valence-corrected chi connectivity index (χ2v) is 6.82. The van der Waals surface area contributed by atoms with Crippen molar-refractivity contribution in [3.63, 3.8) is 0 Å². The number of amides is 2. The molecule has 2 heterocycles. The van der Waals surface area contributed by atoms with Crippen LogP contribution in [0.1, 0.15) is 18.7 Å². The molecule has 0 fully saturated rings. The van der Waals surface area contributed by atoms with Crippen LogP contribution in [0.25, 0.3) is 10.9 Å². The predicted octanol–water partition coefficient (Wildman–Crippen LogP) is 3.39. The van der Waals surface area contributed by atoms with Gasteiger partial charge in [-0.2, -0.15) is 0 Å². The number of fused-ring (bicyclic) bond motifs is 2. The molecular formula is C21H22N4O4. The van der Waals surface area contributed by atoms with Crippen LogP contribution < -0.4 is 25.7 Å². The Hall–Kier alpha value is -3.55. The summed E-state index contributed by atoms with van der Waals surface area (Å²) in [6.07, 6.45) is 2.85. The second kappa shape index (κ2) is 7.83. The van der Waals surface area contributed by atoms with Crippen LogP contribution in [0.2, 0.25) is 0 Å². The normalized spacial score (nSPS) is 12.9. The maximum atomic E-state index is 12.8. The minimum atomic E-state index is -0.428. The Morgan fingerprint density at radius 2 is 1.72 bits per heavy atom. The van der Waals surface area contributed by atoms with Crippen LogP contribution >= 0.6 is 0 Å². The van der Waals surface area contributed by atoms with Crippen molar-refractivity contribution in [3.8, 4) is 11.5 Å². The molecule has 150 valence electrons. The summed E-state index contributed by atoms with van der Waals surface area (Å²) in [7, 11) is 3.08. The van der Waals surface area contributed by atoms with Crippen molar-refractivity contribution in [3.05, 3.63) is 52.6 Å². The molecule has 2 amide bonds. The van der Waals surface area contributed by atoms with Gasteiger partial charge in [-0.05, 0) is 43.2 Å². The van der Waals surface area contributed by atoms with Gasteiger partial charge in [0.2, 0.25) is 0 Å². The van der Waals surface area contributed by atoms with E-state index in [0.717, 1.165) is 25.1 Å². The van der Waals surface area contributed by atoms with Crippen molar-refractivity contribution in [1.82, 2.24) is 9.55 Å². The first kappa shape index (κ1) is 18.8. The number of aryl methyl sites for hydroxylation is 1. The van der Waals surface area contributed by atoms with E-state index < -0.39 is 6.03 Å². The molecule has 0 atom stereocenters. The van der Waals surface area contributed by atoms with Gasteiger partial charge in [-0.25, -0.2) is 9.78 Å². The van der Waals surface area contributed by atoms with E-state index >= 15 is 0 Å². The molecule has 0 bridgehead atoms. The summed E-state index contributed by atoms with van der Waals surface area (Å²) in [6, 6.07) is 9.83. The first-order valence-corrected chi connectivity index (χ1v) is 9.42. The summed E-state index contributed by atoms with van der Waals surface area (Å²) in [6.45, 7) is 0.689. The number of urea groups is 1. The van der Waals surface area contributed by atoms with Gasteiger partial charge in [-0.1, -0.05) is 0 Å². The lowest BCUT2D eigenvalue weighted by molar-refractivity contribution is 0.262. The van der Waals surface area contributed by atoms with Crippen molar-refractivity contribution < 1.29 is 14.3 Å². The Morgan fingerprint density at radius 3 is 2.48 bits per heavy atom. The number of benzene rings is 2. The Morgan fingerprint density at radius 1 is 1.00 bits per heavy atom. The third kappa shape index (κ3) is 3.73. The van der Waals surface area contributed by atoms with Crippen molar-refractivity contribution in [1.29, 1.82) is 0 Å². The van der Waals surface area contributed by atoms with E-state index in [2.05, 4.69) is 15.6 Å². The van der Waals surface area contributed by atoms with Gasteiger partial charge in [-0.15, -0.1) is 0 Å². The van der Waals surface area contributed by atoms with Crippen LogP contribution in [0, 0.1) is 0 Å². The van der Waals surface area contributed by atoms with Gasteiger partial charge in [0, 0.05) is 30.4 Å². The maximum Gasteiger partial charge on any atom is 0.323 e. The minimum Gasteiger partial charge on any atom is -0.493 e. The zero-order valence-corrected chi connectivity index (χ0v) is 16.3. The average Bonchev–Trinajstić information content (AvgIpc) is 2.74. The molecular weight excluding hydrogens is 372 g/mol. The highest BCUT2D eigenvalue weighted by molar-refractivity contribution is 6.01. The van der Waals surface area contributed by atoms with Crippen LogP contribution in [0.3, 0.4) is 0 Å². The SMILES string of the molecule is COc1ccc(NC(=O)Nc2ccc3nc4n(c(=O)c3c2)CCCC4)cc1OC. The van der Waals surface area contributed by atoms with E-state index in [4.69, 9.17) is 9.47 Å². The van der Waals surface area contributed by atoms with Gasteiger partial charge in [0.05, 0.1) is 25.1 Å². The fourth-order valence-electron chi connectivity index (χ4n) is 3.53. The number of rotatable bonds is 4. The number of hydrogen-bond acceptors (Lipinski definition) is 5. The number of carbonyl (C=O) groups excluding carboxylic acids is 1. The molecule has 8 heteroatoms. The fraction of sp³-hybridized carbons (Fsp3) is 0.286. The standard InChI is InChI=1S/C21H22N4O4/c1-28-17-9-7-14(12-18(17)29-2)23-21(27)22-13-6-8-16-15(11-13)20(26)25-10-4-3-5-19(25)24-16/h6-9,11-12H,3-5,10H2,1-2H3,(H2,22,23,27). The lowest BCUT2D eigenvalue weighted by Gasteiger charge is -2.18. The zero-order valence-electron chi connectivity index (χ0n) is 16.3. The number of aromatic nitrogens is 2. The van der Waals surface area contributed by atoms with Gasteiger partial charge in [0.15, 0.2) is 11.5 Å². The summed E-state index contributed by atoms with van der Waals surface area (Å²) in [5.41, 5.74) is 1.66. The maximum absolute atomic E-state index is 12.8. The summed E-state index contributed by atoms with van der Waals surface area (Å²) in [4.78, 5) is 29.8. The number of carbonyl (C=O) groups is 1. The monoisotopic (exact) mass is 394 g/mol. The van der Waals surface area contributed by atoms with Crippen LogP contribution in [0.5, 0.6) is 11.5 Å². The number of ether oxygens (including phenoxy) is 2. The Kier molecular flexibility index (Phi) is 5.07. The van der Waals surface area contributed by atoms with Crippen LogP contribution in [-0.4, -0.2) is 29.8 Å². The molecule has 2 N–H and O–H groups in total. The minimum absolute atomic E-state index is 0.0614. The molecule has 1 aliphatic rings. The predicted molar refractivity (Wildman–Crippen MR) is 111 cm³/mol. The third-order valence-corrected chi connectivity index (χ3v) is 4.96. The molecule has 2 aromatic carbocycles. The summed E-state index contributed by atoms with van der Waals surface area (Å²) < 4.78 is 12.2. The molecule has 0 aliphatic carbocycles. The van der Waals surface area contributed by atoms with Crippen molar-refractivity contribution in [2.75, 3.05) is 24.9 Å². The van der Waals surface area contributed by atoms with E-state index in [1.807, 2.05) is 0 Å². The molecule has 3 aromatic rings. The molecule has 0 unspecified atom stereocenters. The highest BCUT2D eigenvalue weighted by Crippen LogP contribution is 2.29. The molecule has 29 heavy (non-hydrogen) atoms. The highest BCUT2D eigenvalue weighted by atomic mass is 16.5. The van der Waals surface area contributed by atoms with E-state index in [9.17, 15) is 9.59 Å². The van der Waals surface area contributed by atoms with Crippen molar-refractivity contribution >= 4 is 28.3 Å². The van der Waals surface area contributed by atoms with Gasteiger partial charge in [0.25, 0.3) is 5.56 Å². The molecule has 8 nitrogen and oxygen atoms in total. The topological polar surface area (TPSA) is 94.5 Å². The second-order valence-electron chi connectivity index (χ2n) is 6.82. The molecule has 1 aromatic heterocycles.